The lowest BCUT2D eigenvalue weighted by atomic mass is 10.2. The highest BCUT2D eigenvalue weighted by Gasteiger charge is 2.04. The van der Waals surface area contributed by atoms with Gasteiger partial charge in [0.25, 0.3) is 0 Å². The predicted molar refractivity (Wildman–Crippen MR) is 80.1 cm³/mol. The average Bonchev–Trinajstić information content (AvgIpc) is 3.00. The zero-order valence-corrected chi connectivity index (χ0v) is 11.5. The maximum Gasteiger partial charge on any atom is 0.138 e. The first-order valence-electron chi connectivity index (χ1n) is 6.25. The van der Waals surface area contributed by atoms with Crippen LogP contribution in [-0.2, 0) is 6.54 Å². The van der Waals surface area contributed by atoms with Gasteiger partial charge in [-0.3, -0.25) is 0 Å². The minimum absolute atomic E-state index is 0.701. The molecule has 0 fully saturated rings. The Bertz CT molecular complexity index is 695. The molecule has 0 saturated heterocycles. The van der Waals surface area contributed by atoms with Crippen molar-refractivity contribution in [2.45, 2.75) is 6.54 Å². The molecule has 0 aliphatic carbocycles. The minimum Gasteiger partial charge on any atom is -0.379 e. The Morgan fingerprint density at radius 2 is 2.00 bits per heavy atom. The number of rotatable bonds is 4. The fraction of sp³-hybridized carbons (Fsp3) is 0.0667. The van der Waals surface area contributed by atoms with Crippen LogP contribution in [0, 0.1) is 0 Å². The summed E-state index contributed by atoms with van der Waals surface area (Å²) < 4.78 is 1.74. The molecule has 0 bridgehead atoms. The molecule has 0 atom stereocenters. The molecule has 0 spiro atoms. The van der Waals surface area contributed by atoms with Gasteiger partial charge in [0.05, 0.1) is 11.4 Å². The topological polar surface area (TPSA) is 42.7 Å². The summed E-state index contributed by atoms with van der Waals surface area (Å²) >= 11 is 5.99. The van der Waals surface area contributed by atoms with Gasteiger partial charge in [-0.2, -0.15) is 5.10 Å². The molecule has 5 heteroatoms. The number of nitrogens with one attached hydrogen (secondary N) is 1. The monoisotopic (exact) mass is 284 g/mol. The second-order valence-electron chi connectivity index (χ2n) is 4.34. The SMILES string of the molecule is Clc1cccc(CNc2ccccc2-n2cncn2)c1. The standard InChI is InChI=1S/C15H13ClN4/c16-13-5-3-4-12(8-13)9-18-14-6-1-2-7-15(14)20-11-17-10-19-20/h1-8,10-11,18H,9H2. The van der Waals surface area contributed by atoms with Crippen molar-refractivity contribution >= 4 is 17.3 Å². The maximum absolute atomic E-state index is 5.99. The number of hydrogen-bond acceptors (Lipinski definition) is 3. The smallest absolute Gasteiger partial charge is 0.138 e. The van der Waals surface area contributed by atoms with Crippen molar-refractivity contribution < 1.29 is 0 Å². The molecular formula is C15H13ClN4. The van der Waals surface area contributed by atoms with Gasteiger partial charge < -0.3 is 5.32 Å². The number of hydrogen-bond donors (Lipinski definition) is 1. The van der Waals surface area contributed by atoms with E-state index in [1.54, 1.807) is 11.0 Å². The maximum atomic E-state index is 5.99. The van der Waals surface area contributed by atoms with Crippen molar-refractivity contribution in [3.63, 3.8) is 0 Å². The second kappa shape index (κ2) is 5.75. The van der Waals surface area contributed by atoms with Gasteiger partial charge >= 0.3 is 0 Å². The molecule has 0 radical (unpaired) electrons. The van der Waals surface area contributed by atoms with Crippen molar-refractivity contribution in [3.8, 4) is 5.69 Å². The summed E-state index contributed by atoms with van der Waals surface area (Å²) in [6, 6.07) is 15.8. The number of anilines is 1. The first-order chi connectivity index (χ1) is 9.83. The summed E-state index contributed by atoms with van der Waals surface area (Å²) in [4.78, 5) is 3.98. The second-order valence-corrected chi connectivity index (χ2v) is 4.78. The Morgan fingerprint density at radius 1 is 1.10 bits per heavy atom. The Hall–Kier alpha value is -2.33. The lowest BCUT2D eigenvalue weighted by molar-refractivity contribution is 0.878. The zero-order chi connectivity index (χ0) is 13.8. The van der Waals surface area contributed by atoms with Gasteiger partial charge in [-0.1, -0.05) is 35.9 Å². The third kappa shape index (κ3) is 2.81. The molecule has 100 valence electrons. The normalized spacial score (nSPS) is 10.4. The van der Waals surface area contributed by atoms with E-state index >= 15 is 0 Å². The highest BCUT2D eigenvalue weighted by atomic mass is 35.5. The van der Waals surface area contributed by atoms with Crippen LogP contribution in [0.3, 0.4) is 0 Å². The van der Waals surface area contributed by atoms with Crippen LogP contribution in [0.4, 0.5) is 5.69 Å². The molecule has 2 aromatic carbocycles. The minimum atomic E-state index is 0.701. The first-order valence-corrected chi connectivity index (χ1v) is 6.63. The number of nitrogens with zero attached hydrogens (tertiary/aromatic N) is 3. The molecule has 1 heterocycles. The molecule has 1 N–H and O–H groups in total. The van der Waals surface area contributed by atoms with E-state index in [0.717, 1.165) is 22.0 Å². The summed E-state index contributed by atoms with van der Waals surface area (Å²) in [5, 5.41) is 8.30. The number of benzene rings is 2. The van der Waals surface area contributed by atoms with Crippen LogP contribution >= 0.6 is 11.6 Å². The first kappa shape index (κ1) is 12.7. The van der Waals surface area contributed by atoms with E-state index in [-0.39, 0.29) is 0 Å². The highest BCUT2D eigenvalue weighted by molar-refractivity contribution is 6.30. The Morgan fingerprint density at radius 3 is 2.80 bits per heavy atom. The lowest BCUT2D eigenvalue weighted by Gasteiger charge is -2.11. The number of aromatic nitrogens is 3. The molecule has 0 saturated carbocycles. The van der Waals surface area contributed by atoms with Crippen LogP contribution in [0.25, 0.3) is 5.69 Å². The fourth-order valence-electron chi connectivity index (χ4n) is 2.00. The molecular weight excluding hydrogens is 272 g/mol. The average molecular weight is 285 g/mol. The van der Waals surface area contributed by atoms with E-state index in [9.17, 15) is 0 Å². The van der Waals surface area contributed by atoms with Crippen LogP contribution in [0.15, 0.2) is 61.2 Å². The summed E-state index contributed by atoms with van der Waals surface area (Å²) in [6.45, 7) is 0.701. The molecule has 3 rings (SSSR count). The Kier molecular flexibility index (Phi) is 3.65. The van der Waals surface area contributed by atoms with E-state index < -0.39 is 0 Å². The van der Waals surface area contributed by atoms with Crippen molar-refractivity contribution in [2.75, 3.05) is 5.32 Å². The number of halogens is 1. The summed E-state index contributed by atoms with van der Waals surface area (Å²) in [5.74, 6) is 0. The van der Waals surface area contributed by atoms with Crippen molar-refractivity contribution in [1.82, 2.24) is 14.8 Å². The van der Waals surface area contributed by atoms with E-state index in [4.69, 9.17) is 11.6 Å². The van der Waals surface area contributed by atoms with Crippen molar-refractivity contribution in [2.24, 2.45) is 0 Å². The molecule has 0 aliphatic heterocycles. The fourth-order valence-corrected chi connectivity index (χ4v) is 2.21. The molecule has 0 amide bonds. The van der Waals surface area contributed by atoms with Crippen molar-refractivity contribution in [1.29, 1.82) is 0 Å². The van der Waals surface area contributed by atoms with Crippen molar-refractivity contribution in [3.05, 3.63) is 71.8 Å². The molecule has 20 heavy (non-hydrogen) atoms. The largest absolute Gasteiger partial charge is 0.379 e. The van der Waals surface area contributed by atoms with E-state index in [1.807, 2.05) is 48.5 Å². The zero-order valence-electron chi connectivity index (χ0n) is 10.7. The molecule has 4 nitrogen and oxygen atoms in total. The van der Waals surface area contributed by atoms with Gasteiger partial charge in [-0.05, 0) is 29.8 Å². The quantitative estimate of drug-likeness (QED) is 0.797. The highest BCUT2D eigenvalue weighted by Crippen LogP contribution is 2.20. The van der Waals surface area contributed by atoms with E-state index in [2.05, 4.69) is 15.4 Å². The predicted octanol–water partition coefficient (Wildman–Crippen LogP) is 3.53. The summed E-state index contributed by atoms with van der Waals surface area (Å²) in [7, 11) is 0. The van der Waals surface area contributed by atoms with Crippen LogP contribution in [-0.4, -0.2) is 14.8 Å². The Balaban J connectivity index is 1.81. The molecule has 1 aromatic heterocycles. The van der Waals surface area contributed by atoms with Gasteiger partial charge in [-0.15, -0.1) is 0 Å². The van der Waals surface area contributed by atoms with Crippen LogP contribution in [0.2, 0.25) is 5.02 Å². The van der Waals surface area contributed by atoms with E-state index in [1.165, 1.54) is 6.33 Å². The third-order valence-corrected chi connectivity index (χ3v) is 3.18. The van der Waals surface area contributed by atoms with Gasteiger partial charge in [0.1, 0.15) is 12.7 Å². The third-order valence-electron chi connectivity index (χ3n) is 2.94. The van der Waals surface area contributed by atoms with Gasteiger partial charge in [0.2, 0.25) is 0 Å². The van der Waals surface area contributed by atoms with Crippen LogP contribution in [0.1, 0.15) is 5.56 Å². The molecule has 0 unspecified atom stereocenters. The van der Waals surface area contributed by atoms with Crippen LogP contribution in [0.5, 0.6) is 0 Å². The number of para-hydroxylation sites is 2. The van der Waals surface area contributed by atoms with Crippen LogP contribution < -0.4 is 5.32 Å². The summed E-state index contributed by atoms with van der Waals surface area (Å²) in [5.41, 5.74) is 3.09. The van der Waals surface area contributed by atoms with Gasteiger partial charge in [0.15, 0.2) is 0 Å². The van der Waals surface area contributed by atoms with Gasteiger partial charge in [0, 0.05) is 11.6 Å². The lowest BCUT2D eigenvalue weighted by Crippen LogP contribution is -2.04. The summed E-state index contributed by atoms with van der Waals surface area (Å²) in [6.07, 6.45) is 3.20. The van der Waals surface area contributed by atoms with Gasteiger partial charge in [-0.25, -0.2) is 9.67 Å². The Labute approximate surface area is 122 Å². The molecule has 3 aromatic rings. The molecule has 0 aliphatic rings. The van der Waals surface area contributed by atoms with E-state index in [0.29, 0.717) is 6.54 Å².